The summed E-state index contributed by atoms with van der Waals surface area (Å²) in [6.45, 7) is 1.41. The number of thiazole rings is 1. The van der Waals surface area contributed by atoms with Gasteiger partial charge in [-0.25, -0.2) is 0 Å². The summed E-state index contributed by atoms with van der Waals surface area (Å²) in [6, 6.07) is 4.60. The Morgan fingerprint density at radius 1 is 1.32 bits per heavy atom. The summed E-state index contributed by atoms with van der Waals surface area (Å²) in [4.78, 5) is 30.8. The molecule has 0 aliphatic rings. The van der Waals surface area contributed by atoms with Gasteiger partial charge in [-0.1, -0.05) is 23.2 Å². The number of nitrogens with one attached hydrogen (secondary N) is 1. The number of hydrogen-bond donors (Lipinski definition) is 1. The van der Waals surface area contributed by atoms with Crippen LogP contribution in [-0.4, -0.2) is 48.5 Å². The molecule has 0 spiro atoms. The summed E-state index contributed by atoms with van der Waals surface area (Å²) in [6.07, 6.45) is 1.71. The van der Waals surface area contributed by atoms with Crippen LogP contribution in [0.1, 0.15) is 10.4 Å². The maximum absolute atomic E-state index is 12.3. The molecule has 134 valence electrons. The van der Waals surface area contributed by atoms with Crippen LogP contribution in [0.15, 0.2) is 34.8 Å². The van der Waals surface area contributed by atoms with Gasteiger partial charge in [0.15, 0.2) is 4.80 Å². The Kier molecular flexibility index (Phi) is 7.19. The molecule has 6 nitrogen and oxygen atoms in total. The zero-order valence-electron chi connectivity index (χ0n) is 13.8. The molecule has 0 saturated carbocycles. The normalized spacial score (nSPS) is 11.8. The van der Waals surface area contributed by atoms with E-state index in [-0.39, 0.29) is 23.0 Å². The number of halogens is 2. The Balaban J connectivity index is 2.10. The summed E-state index contributed by atoms with van der Waals surface area (Å²) in [7, 11) is 3.87. The number of hydrogen-bond acceptors (Lipinski definition) is 4. The van der Waals surface area contributed by atoms with E-state index in [1.807, 2.05) is 19.0 Å². The highest BCUT2D eigenvalue weighted by atomic mass is 35.5. The molecule has 9 heteroatoms. The highest BCUT2D eigenvalue weighted by Crippen LogP contribution is 2.21. The van der Waals surface area contributed by atoms with Gasteiger partial charge < -0.3 is 14.8 Å². The molecule has 1 N–H and O–H groups in total. The molecule has 25 heavy (non-hydrogen) atoms. The fourth-order valence-electron chi connectivity index (χ4n) is 1.95. The molecule has 1 aromatic heterocycles. The molecule has 0 atom stereocenters. The third-order valence-corrected chi connectivity index (χ3v) is 4.56. The van der Waals surface area contributed by atoms with Gasteiger partial charge in [0.1, 0.15) is 6.54 Å². The van der Waals surface area contributed by atoms with Crippen molar-refractivity contribution in [1.82, 2.24) is 14.8 Å². The SMILES string of the molecule is CN(C)CCNC(=O)Cn1ccsc1=NC(=O)c1ccc(Cl)cc1Cl. The highest BCUT2D eigenvalue weighted by Gasteiger charge is 2.11. The maximum Gasteiger partial charge on any atom is 0.281 e. The van der Waals surface area contributed by atoms with Crippen LogP contribution in [0.5, 0.6) is 0 Å². The Bertz CT molecular complexity index is 830. The van der Waals surface area contributed by atoms with Crippen LogP contribution in [0.2, 0.25) is 10.0 Å². The molecular weight excluding hydrogens is 383 g/mol. The Morgan fingerprint density at radius 2 is 2.08 bits per heavy atom. The first-order valence-electron chi connectivity index (χ1n) is 7.46. The van der Waals surface area contributed by atoms with Gasteiger partial charge in [-0.2, -0.15) is 4.99 Å². The number of aromatic nitrogens is 1. The highest BCUT2D eigenvalue weighted by molar-refractivity contribution is 7.07. The lowest BCUT2D eigenvalue weighted by Crippen LogP contribution is -2.35. The average molecular weight is 401 g/mol. The van der Waals surface area contributed by atoms with Crippen molar-refractivity contribution in [2.75, 3.05) is 27.2 Å². The lowest BCUT2D eigenvalue weighted by molar-refractivity contribution is -0.121. The molecule has 0 saturated heterocycles. The largest absolute Gasteiger partial charge is 0.353 e. The summed E-state index contributed by atoms with van der Waals surface area (Å²) in [5.74, 6) is -0.621. The number of likely N-dealkylation sites (N-methyl/N-ethyl adjacent to an activating group) is 1. The van der Waals surface area contributed by atoms with E-state index in [2.05, 4.69) is 10.3 Å². The number of nitrogens with zero attached hydrogens (tertiary/aromatic N) is 3. The van der Waals surface area contributed by atoms with E-state index in [0.29, 0.717) is 16.4 Å². The molecule has 1 heterocycles. The lowest BCUT2D eigenvalue weighted by Gasteiger charge is -2.10. The third-order valence-electron chi connectivity index (χ3n) is 3.21. The maximum atomic E-state index is 12.3. The summed E-state index contributed by atoms with van der Waals surface area (Å²) < 4.78 is 1.62. The number of carbonyl (C=O) groups excluding carboxylic acids is 2. The number of amides is 2. The predicted molar refractivity (Wildman–Crippen MR) is 100 cm³/mol. The van der Waals surface area contributed by atoms with E-state index in [0.717, 1.165) is 6.54 Å². The van der Waals surface area contributed by atoms with Gasteiger partial charge in [-0.15, -0.1) is 11.3 Å². The average Bonchev–Trinajstić information content (AvgIpc) is 2.93. The second kappa shape index (κ2) is 9.15. The van der Waals surface area contributed by atoms with Crippen molar-refractivity contribution in [2.24, 2.45) is 4.99 Å². The molecule has 2 amide bonds. The summed E-state index contributed by atoms with van der Waals surface area (Å²) >= 11 is 13.1. The molecule has 2 rings (SSSR count). The fraction of sp³-hybridized carbons (Fsp3) is 0.312. The second-order valence-electron chi connectivity index (χ2n) is 5.51. The first-order valence-corrected chi connectivity index (χ1v) is 9.10. The van der Waals surface area contributed by atoms with Gasteiger partial charge in [0.2, 0.25) is 5.91 Å². The van der Waals surface area contributed by atoms with Gasteiger partial charge in [-0.05, 0) is 32.3 Å². The summed E-state index contributed by atoms with van der Waals surface area (Å²) in [5, 5.41) is 5.28. The van der Waals surface area contributed by atoms with Crippen molar-refractivity contribution in [2.45, 2.75) is 6.54 Å². The van der Waals surface area contributed by atoms with Crippen LogP contribution in [0.25, 0.3) is 0 Å². The standard InChI is InChI=1S/C16H18Cl2N4O2S/c1-21(2)6-5-19-14(23)10-22-7-8-25-16(22)20-15(24)12-4-3-11(17)9-13(12)18/h3-4,7-9H,5-6,10H2,1-2H3,(H,19,23). The Labute approximate surface area is 159 Å². The fourth-order valence-corrected chi connectivity index (χ4v) is 3.16. The van der Waals surface area contributed by atoms with Crippen LogP contribution >= 0.6 is 34.5 Å². The third kappa shape index (κ3) is 5.97. The zero-order chi connectivity index (χ0) is 18.4. The van der Waals surface area contributed by atoms with Gasteiger partial charge >= 0.3 is 0 Å². The smallest absolute Gasteiger partial charge is 0.281 e. The number of benzene rings is 1. The molecule has 1 aromatic carbocycles. The van der Waals surface area contributed by atoms with Gasteiger partial charge in [-0.3, -0.25) is 9.59 Å². The predicted octanol–water partition coefficient (Wildman–Crippen LogP) is 2.28. The lowest BCUT2D eigenvalue weighted by atomic mass is 10.2. The van der Waals surface area contributed by atoms with Crippen LogP contribution < -0.4 is 10.1 Å². The summed E-state index contributed by atoms with van der Waals surface area (Å²) in [5.41, 5.74) is 0.265. The van der Waals surface area contributed by atoms with E-state index >= 15 is 0 Å². The first kappa shape index (κ1) is 19.7. The molecule has 0 radical (unpaired) electrons. The Morgan fingerprint density at radius 3 is 2.76 bits per heavy atom. The minimum absolute atomic E-state index is 0.0946. The van der Waals surface area contributed by atoms with Crippen LogP contribution in [0.4, 0.5) is 0 Å². The first-order chi connectivity index (χ1) is 11.9. The molecule has 0 aliphatic heterocycles. The second-order valence-corrected chi connectivity index (χ2v) is 7.22. The van der Waals surface area contributed by atoms with E-state index < -0.39 is 5.91 Å². The molecule has 2 aromatic rings. The number of carbonyl (C=O) groups is 2. The van der Waals surface area contributed by atoms with Gasteiger partial charge in [0.25, 0.3) is 5.91 Å². The quantitative estimate of drug-likeness (QED) is 0.808. The van der Waals surface area contributed by atoms with Crippen molar-refractivity contribution in [3.05, 3.63) is 50.2 Å². The minimum Gasteiger partial charge on any atom is -0.353 e. The molecule has 0 aliphatic carbocycles. The molecule has 0 fully saturated rings. The van der Waals surface area contributed by atoms with Crippen molar-refractivity contribution >= 4 is 46.4 Å². The molecular formula is C16H18Cl2N4O2S. The van der Waals surface area contributed by atoms with E-state index in [1.165, 1.54) is 23.5 Å². The topological polar surface area (TPSA) is 66.7 Å². The van der Waals surface area contributed by atoms with E-state index in [9.17, 15) is 9.59 Å². The van der Waals surface area contributed by atoms with E-state index in [1.54, 1.807) is 22.2 Å². The van der Waals surface area contributed by atoms with Crippen molar-refractivity contribution in [3.63, 3.8) is 0 Å². The van der Waals surface area contributed by atoms with Crippen LogP contribution in [-0.2, 0) is 11.3 Å². The molecule has 0 bridgehead atoms. The minimum atomic E-state index is -0.481. The van der Waals surface area contributed by atoms with Crippen molar-refractivity contribution < 1.29 is 9.59 Å². The Hall–Kier alpha value is -1.67. The molecule has 0 unspecified atom stereocenters. The number of rotatable bonds is 6. The van der Waals surface area contributed by atoms with Crippen LogP contribution in [0.3, 0.4) is 0 Å². The van der Waals surface area contributed by atoms with Crippen molar-refractivity contribution in [1.29, 1.82) is 0 Å². The van der Waals surface area contributed by atoms with E-state index in [4.69, 9.17) is 23.2 Å². The van der Waals surface area contributed by atoms with Gasteiger partial charge in [0.05, 0.1) is 10.6 Å². The monoisotopic (exact) mass is 400 g/mol. The van der Waals surface area contributed by atoms with Crippen molar-refractivity contribution in [3.8, 4) is 0 Å². The van der Waals surface area contributed by atoms with Gasteiger partial charge in [0, 0.05) is 29.7 Å². The zero-order valence-corrected chi connectivity index (χ0v) is 16.2. The van der Waals surface area contributed by atoms with Crippen LogP contribution in [0, 0.1) is 0 Å².